The minimum atomic E-state index is -0.445. The Bertz CT molecular complexity index is 1450. The molecule has 1 aliphatic heterocycles. The molecule has 34 heavy (non-hydrogen) atoms. The van der Waals surface area contributed by atoms with E-state index in [1.54, 1.807) is 0 Å². The van der Waals surface area contributed by atoms with Crippen molar-refractivity contribution in [2.24, 2.45) is 0 Å². The van der Waals surface area contributed by atoms with Crippen molar-refractivity contribution in [1.29, 1.82) is 0 Å². The molecule has 3 aromatic carbocycles. The van der Waals surface area contributed by atoms with Gasteiger partial charge in [0, 0.05) is 11.1 Å². The lowest BCUT2D eigenvalue weighted by Crippen LogP contribution is -2.30. The van der Waals surface area contributed by atoms with Crippen molar-refractivity contribution in [2.45, 2.75) is 13.8 Å². The average molecular weight is 448 g/mol. The average Bonchev–Trinajstić information content (AvgIpc) is 3.11. The summed E-state index contributed by atoms with van der Waals surface area (Å²) >= 11 is 0. The standard InChI is InChI=1S/C27H20N4O3/c1-16-8-9-17(2)23(12-16)31-26(33)21-11-10-19(13-22(21)27(31)34)25(32)30-20-14-28-24(29-15-20)18-6-4-3-5-7-18/h3-15H,1-2H3,(H,30,32). The van der Waals surface area contributed by atoms with Gasteiger partial charge in [-0.05, 0) is 49.2 Å². The van der Waals surface area contributed by atoms with Crippen LogP contribution in [0.3, 0.4) is 0 Å². The van der Waals surface area contributed by atoms with Gasteiger partial charge in [0.2, 0.25) is 0 Å². The third-order valence-corrected chi connectivity index (χ3v) is 5.70. The molecule has 0 atom stereocenters. The number of rotatable bonds is 4. The van der Waals surface area contributed by atoms with E-state index in [-0.39, 0.29) is 16.7 Å². The van der Waals surface area contributed by atoms with Crippen LogP contribution in [-0.4, -0.2) is 27.7 Å². The molecule has 0 spiro atoms. The van der Waals surface area contributed by atoms with Gasteiger partial charge in [-0.25, -0.2) is 14.9 Å². The van der Waals surface area contributed by atoms with Gasteiger partial charge in [0.1, 0.15) is 0 Å². The fourth-order valence-corrected chi connectivity index (χ4v) is 3.89. The molecule has 0 aliphatic carbocycles. The second-order valence-corrected chi connectivity index (χ2v) is 8.11. The molecule has 1 aliphatic rings. The zero-order valence-corrected chi connectivity index (χ0v) is 18.6. The second kappa shape index (κ2) is 8.37. The molecule has 166 valence electrons. The molecule has 2 heterocycles. The fraction of sp³-hybridized carbons (Fsp3) is 0.0741. The lowest BCUT2D eigenvalue weighted by molar-refractivity contribution is 0.0925. The fourth-order valence-electron chi connectivity index (χ4n) is 3.89. The molecule has 0 saturated carbocycles. The number of anilines is 2. The van der Waals surface area contributed by atoms with E-state index in [2.05, 4.69) is 15.3 Å². The summed E-state index contributed by atoms with van der Waals surface area (Å²) < 4.78 is 0. The minimum absolute atomic E-state index is 0.203. The summed E-state index contributed by atoms with van der Waals surface area (Å²) in [6, 6.07) is 19.6. The van der Waals surface area contributed by atoms with Crippen LogP contribution in [0.2, 0.25) is 0 Å². The number of nitrogens with zero attached hydrogens (tertiary/aromatic N) is 3. The van der Waals surface area contributed by atoms with E-state index in [1.807, 2.05) is 62.4 Å². The van der Waals surface area contributed by atoms with Gasteiger partial charge in [0.05, 0.1) is 34.9 Å². The zero-order valence-electron chi connectivity index (χ0n) is 18.6. The molecule has 3 amide bonds. The van der Waals surface area contributed by atoms with Crippen molar-refractivity contribution in [2.75, 3.05) is 10.2 Å². The first-order valence-corrected chi connectivity index (χ1v) is 10.7. The molecule has 1 aromatic heterocycles. The zero-order chi connectivity index (χ0) is 23.8. The summed E-state index contributed by atoms with van der Waals surface area (Å²) in [5.41, 5.74) is 4.34. The molecule has 5 rings (SSSR count). The minimum Gasteiger partial charge on any atom is -0.319 e. The maximum Gasteiger partial charge on any atom is 0.266 e. The number of nitrogens with one attached hydrogen (secondary N) is 1. The Kier molecular flexibility index (Phi) is 5.22. The monoisotopic (exact) mass is 448 g/mol. The van der Waals surface area contributed by atoms with Crippen LogP contribution in [0.5, 0.6) is 0 Å². The first-order chi connectivity index (χ1) is 16.4. The Labute approximate surface area is 196 Å². The van der Waals surface area contributed by atoms with E-state index in [9.17, 15) is 14.4 Å². The number of amides is 3. The highest BCUT2D eigenvalue weighted by Crippen LogP contribution is 2.32. The topological polar surface area (TPSA) is 92.3 Å². The number of benzene rings is 3. The predicted molar refractivity (Wildman–Crippen MR) is 129 cm³/mol. The van der Waals surface area contributed by atoms with Gasteiger partial charge < -0.3 is 5.32 Å². The van der Waals surface area contributed by atoms with E-state index in [0.29, 0.717) is 17.2 Å². The summed E-state index contributed by atoms with van der Waals surface area (Å²) in [6.45, 7) is 3.75. The summed E-state index contributed by atoms with van der Waals surface area (Å²) in [7, 11) is 0. The predicted octanol–water partition coefficient (Wildman–Crippen LogP) is 4.81. The number of imide groups is 1. The molecule has 0 unspecified atom stereocenters. The molecular weight excluding hydrogens is 428 g/mol. The van der Waals surface area contributed by atoms with Crippen LogP contribution < -0.4 is 10.2 Å². The number of carbonyl (C=O) groups is 3. The number of aryl methyl sites for hydroxylation is 2. The molecule has 7 nitrogen and oxygen atoms in total. The van der Waals surface area contributed by atoms with Crippen LogP contribution >= 0.6 is 0 Å². The van der Waals surface area contributed by atoms with Gasteiger partial charge in [-0.2, -0.15) is 0 Å². The van der Waals surface area contributed by atoms with Gasteiger partial charge in [-0.15, -0.1) is 0 Å². The Morgan fingerprint density at radius 2 is 1.53 bits per heavy atom. The van der Waals surface area contributed by atoms with E-state index in [1.165, 1.54) is 35.5 Å². The van der Waals surface area contributed by atoms with E-state index >= 15 is 0 Å². The van der Waals surface area contributed by atoms with Crippen molar-refractivity contribution >= 4 is 29.1 Å². The summed E-state index contributed by atoms with van der Waals surface area (Å²) in [4.78, 5) is 48.7. The van der Waals surface area contributed by atoms with E-state index in [4.69, 9.17) is 0 Å². The number of hydrogen-bond donors (Lipinski definition) is 1. The summed E-state index contributed by atoms with van der Waals surface area (Å²) in [6.07, 6.45) is 3.05. The van der Waals surface area contributed by atoms with E-state index < -0.39 is 17.7 Å². The quantitative estimate of drug-likeness (QED) is 0.452. The summed E-state index contributed by atoms with van der Waals surface area (Å²) in [5, 5.41) is 2.74. The number of hydrogen-bond acceptors (Lipinski definition) is 5. The first kappa shape index (κ1) is 21.2. The Balaban J connectivity index is 1.38. The second-order valence-electron chi connectivity index (χ2n) is 8.11. The van der Waals surface area contributed by atoms with Crippen molar-refractivity contribution in [3.8, 4) is 11.4 Å². The van der Waals surface area contributed by atoms with Crippen LogP contribution in [0.15, 0.2) is 79.1 Å². The van der Waals surface area contributed by atoms with Crippen molar-refractivity contribution < 1.29 is 14.4 Å². The number of aromatic nitrogens is 2. The highest BCUT2D eigenvalue weighted by Gasteiger charge is 2.37. The molecular formula is C27H20N4O3. The van der Waals surface area contributed by atoms with Gasteiger partial charge in [-0.1, -0.05) is 42.5 Å². The molecule has 0 fully saturated rings. The Hall–Kier alpha value is -4.65. The summed E-state index contributed by atoms with van der Waals surface area (Å²) in [5.74, 6) is -0.722. The number of carbonyl (C=O) groups excluding carboxylic acids is 3. The van der Waals surface area contributed by atoms with Gasteiger partial charge >= 0.3 is 0 Å². The number of fused-ring (bicyclic) bond motifs is 1. The maximum absolute atomic E-state index is 13.1. The first-order valence-electron chi connectivity index (χ1n) is 10.7. The Morgan fingerprint density at radius 3 is 2.26 bits per heavy atom. The molecule has 4 aromatic rings. The van der Waals surface area contributed by atoms with Crippen LogP contribution in [0.1, 0.15) is 42.2 Å². The van der Waals surface area contributed by atoms with Gasteiger partial charge in [-0.3, -0.25) is 14.4 Å². The van der Waals surface area contributed by atoms with Crippen LogP contribution in [0, 0.1) is 13.8 Å². The third-order valence-electron chi connectivity index (χ3n) is 5.70. The van der Waals surface area contributed by atoms with Crippen LogP contribution in [0.25, 0.3) is 11.4 Å². The largest absolute Gasteiger partial charge is 0.319 e. The third kappa shape index (κ3) is 3.73. The van der Waals surface area contributed by atoms with Crippen molar-refractivity contribution in [1.82, 2.24) is 9.97 Å². The highest BCUT2D eigenvalue weighted by molar-refractivity contribution is 6.35. The molecule has 0 bridgehead atoms. The SMILES string of the molecule is Cc1ccc(C)c(N2C(=O)c3ccc(C(=O)Nc4cnc(-c5ccccc5)nc4)cc3C2=O)c1. The van der Waals surface area contributed by atoms with Crippen molar-refractivity contribution in [3.63, 3.8) is 0 Å². The lowest BCUT2D eigenvalue weighted by atomic mass is 10.1. The molecule has 0 radical (unpaired) electrons. The normalized spacial score (nSPS) is 12.6. The Morgan fingerprint density at radius 1 is 0.824 bits per heavy atom. The van der Waals surface area contributed by atoms with Gasteiger partial charge in [0.15, 0.2) is 5.82 Å². The molecule has 7 heteroatoms. The maximum atomic E-state index is 13.1. The smallest absolute Gasteiger partial charge is 0.266 e. The molecule has 1 N–H and O–H groups in total. The van der Waals surface area contributed by atoms with E-state index in [0.717, 1.165) is 16.7 Å². The van der Waals surface area contributed by atoms with Crippen molar-refractivity contribution in [3.05, 3.63) is 107 Å². The van der Waals surface area contributed by atoms with Gasteiger partial charge in [0.25, 0.3) is 17.7 Å². The molecule has 0 saturated heterocycles. The lowest BCUT2D eigenvalue weighted by Gasteiger charge is -2.17. The highest BCUT2D eigenvalue weighted by atomic mass is 16.2. The van der Waals surface area contributed by atoms with Crippen LogP contribution in [-0.2, 0) is 0 Å². The van der Waals surface area contributed by atoms with Crippen LogP contribution in [0.4, 0.5) is 11.4 Å².